The van der Waals surface area contributed by atoms with Crippen molar-refractivity contribution in [1.82, 2.24) is 4.98 Å². The largest absolute Gasteiger partial charge is 0.457 e. The van der Waals surface area contributed by atoms with Crippen LogP contribution in [0.15, 0.2) is 72.9 Å². The number of anilines is 2. The van der Waals surface area contributed by atoms with Crippen molar-refractivity contribution < 1.29 is 9.53 Å². The summed E-state index contributed by atoms with van der Waals surface area (Å²) in [6.07, 6.45) is 3.81. The lowest BCUT2D eigenvalue weighted by Gasteiger charge is -2.09. The van der Waals surface area contributed by atoms with E-state index in [1.165, 1.54) is 0 Å². The van der Waals surface area contributed by atoms with Crippen LogP contribution < -0.4 is 15.4 Å². The SMILES string of the molecule is CCCCNc1cc(C(=O)Nc2ccc(Oc3ccccc3)cc2)ccn1. The molecule has 0 saturated heterocycles. The number of ether oxygens (including phenoxy) is 1. The van der Waals surface area contributed by atoms with Crippen LogP contribution in [0.3, 0.4) is 0 Å². The molecule has 1 aromatic heterocycles. The second kappa shape index (κ2) is 9.38. The van der Waals surface area contributed by atoms with Gasteiger partial charge in [0.05, 0.1) is 0 Å². The lowest BCUT2D eigenvalue weighted by Crippen LogP contribution is -2.13. The standard InChI is InChI=1S/C22H23N3O2/c1-2-3-14-23-21-16-17(13-15-24-21)22(26)25-18-9-11-20(12-10-18)27-19-7-5-4-6-8-19/h4-13,15-16H,2-3,14H2,1H3,(H,23,24)(H,25,26). The zero-order valence-corrected chi connectivity index (χ0v) is 15.3. The third-order valence-corrected chi connectivity index (χ3v) is 3.95. The maximum atomic E-state index is 12.5. The number of amides is 1. The molecule has 0 aliphatic rings. The van der Waals surface area contributed by atoms with E-state index in [1.807, 2.05) is 54.6 Å². The second-order valence-corrected chi connectivity index (χ2v) is 6.10. The minimum absolute atomic E-state index is 0.173. The van der Waals surface area contributed by atoms with Crippen molar-refractivity contribution in [1.29, 1.82) is 0 Å². The van der Waals surface area contributed by atoms with E-state index in [0.29, 0.717) is 22.8 Å². The Labute approximate surface area is 159 Å². The summed E-state index contributed by atoms with van der Waals surface area (Å²) in [4.78, 5) is 16.7. The van der Waals surface area contributed by atoms with E-state index in [-0.39, 0.29) is 5.91 Å². The highest BCUT2D eigenvalue weighted by Gasteiger charge is 2.08. The molecule has 2 N–H and O–H groups in total. The summed E-state index contributed by atoms with van der Waals surface area (Å²) >= 11 is 0. The van der Waals surface area contributed by atoms with Gasteiger partial charge in [-0.3, -0.25) is 4.79 Å². The molecule has 0 aliphatic heterocycles. The van der Waals surface area contributed by atoms with Gasteiger partial charge in [-0.1, -0.05) is 31.5 Å². The Morgan fingerprint density at radius 3 is 2.48 bits per heavy atom. The third-order valence-electron chi connectivity index (χ3n) is 3.95. The molecule has 1 heterocycles. The second-order valence-electron chi connectivity index (χ2n) is 6.10. The smallest absolute Gasteiger partial charge is 0.255 e. The van der Waals surface area contributed by atoms with Gasteiger partial charge >= 0.3 is 0 Å². The van der Waals surface area contributed by atoms with Gasteiger partial charge in [0.15, 0.2) is 0 Å². The summed E-state index contributed by atoms with van der Waals surface area (Å²) in [6.45, 7) is 2.98. The van der Waals surface area contributed by atoms with E-state index in [9.17, 15) is 4.79 Å². The highest BCUT2D eigenvalue weighted by atomic mass is 16.5. The molecule has 0 saturated carbocycles. The molecule has 0 fully saturated rings. The van der Waals surface area contributed by atoms with Gasteiger partial charge in [-0.2, -0.15) is 0 Å². The van der Waals surface area contributed by atoms with E-state index >= 15 is 0 Å². The van der Waals surface area contributed by atoms with Gasteiger partial charge in [0.25, 0.3) is 5.91 Å². The fourth-order valence-corrected chi connectivity index (χ4v) is 2.50. The molecule has 0 unspecified atom stereocenters. The highest BCUT2D eigenvalue weighted by Crippen LogP contribution is 2.23. The molecule has 138 valence electrons. The van der Waals surface area contributed by atoms with Gasteiger partial charge in [-0.05, 0) is 55.0 Å². The first-order valence-corrected chi connectivity index (χ1v) is 9.09. The third kappa shape index (κ3) is 5.57. The molecule has 3 rings (SSSR count). The van der Waals surface area contributed by atoms with Crippen molar-refractivity contribution in [3.63, 3.8) is 0 Å². The number of carbonyl (C=O) groups is 1. The average Bonchev–Trinajstić information content (AvgIpc) is 2.71. The minimum atomic E-state index is -0.173. The molecule has 0 radical (unpaired) electrons. The Morgan fingerprint density at radius 2 is 1.74 bits per heavy atom. The number of pyridine rings is 1. The molecular formula is C22H23N3O2. The summed E-state index contributed by atoms with van der Waals surface area (Å²) in [5.74, 6) is 2.02. The van der Waals surface area contributed by atoms with Crippen molar-refractivity contribution in [2.24, 2.45) is 0 Å². The zero-order valence-electron chi connectivity index (χ0n) is 15.3. The summed E-state index contributed by atoms with van der Waals surface area (Å²) < 4.78 is 5.76. The van der Waals surface area contributed by atoms with Crippen molar-refractivity contribution in [3.05, 3.63) is 78.5 Å². The Balaban J connectivity index is 1.60. The molecule has 0 spiro atoms. The highest BCUT2D eigenvalue weighted by molar-refractivity contribution is 6.04. The number of hydrogen-bond donors (Lipinski definition) is 2. The van der Waals surface area contributed by atoms with Crippen molar-refractivity contribution in [2.75, 3.05) is 17.2 Å². The zero-order chi connectivity index (χ0) is 18.9. The molecule has 0 aliphatic carbocycles. The Bertz CT molecular complexity index is 864. The number of benzene rings is 2. The van der Waals surface area contributed by atoms with Crippen molar-refractivity contribution in [2.45, 2.75) is 19.8 Å². The van der Waals surface area contributed by atoms with E-state index in [1.54, 1.807) is 18.3 Å². The van der Waals surface area contributed by atoms with Crippen molar-refractivity contribution >= 4 is 17.4 Å². The molecule has 0 bridgehead atoms. The molecule has 0 atom stereocenters. The van der Waals surface area contributed by atoms with Crippen LogP contribution in [0.25, 0.3) is 0 Å². The fourth-order valence-electron chi connectivity index (χ4n) is 2.50. The maximum Gasteiger partial charge on any atom is 0.255 e. The summed E-state index contributed by atoms with van der Waals surface area (Å²) in [5, 5.41) is 6.12. The molecule has 3 aromatic rings. The fraction of sp³-hybridized carbons (Fsp3) is 0.182. The number of nitrogens with zero attached hydrogens (tertiary/aromatic N) is 1. The number of rotatable bonds is 8. The Morgan fingerprint density at radius 1 is 1.00 bits per heavy atom. The Kier molecular flexibility index (Phi) is 6.41. The molecule has 1 amide bonds. The molecular weight excluding hydrogens is 338 g/mol. The van der Waals surface area contributed by atoms with Gasteiger partial charge in [-0.25, -0.2) is 4.98 Å². The number of para-hydroxylation sites is 1. The van der Waals surface area contributed by atoms with Crippen LogP contribution >= 0.6 is 0 Å². The van der Waals surface area contributed by atoms with Crippen LogP contribution in [0, 0.1) is 0 Å². The molecule has 5 nitrogen and oxygen atoms in total. The first-order valence-electron chi connectivity index (χ1n) is 9.09. The monoisotopic (exact) mass is 361 g/mol. The lowest BCUT2D eigenvalue weighted by atomic mass is 10.2. The minimum Gasteiger partial charge on any atom is -0.457 e. The van der Waals surface area contributed by atoms with Crippen LogP contribution in [0.1, 0.15) is 30.1 Å². The van der Waals surface area contributed by atoms with Gasteiger partial charge in [-0.15, -0.1) is 0 Å². The first-order chi connectivity index (χ1) is 13.2. The van der Waals surface area contributed by atoms with Gasteiger partial charge in [0.1, 0.15) is 17.3 Å². The number of carbonyl (C=O) groups excluding carboxylic acids is 1. The number of unbranched alkanes of at least 4 members (excludes halogenated alkanes) is 1. The van der Waals surface area contributed by atoms with Gasteiger partial charge in [0.2, 0.25) is 0 Å². The van der Waals surface area contributed by atoms with E-state index < -0.39 is 0 Å². The number of nitrogens with one attached hydrogen (secondary N) is 2. The van der Waals surface area contributed by atoms with E-state index in [2.05, 4.69) is 22.5 Å². The first kappa shape index (κ1) is 18.5. The van der Waals surface area contributed by atoms with Gasteiger partial charge in [0, 0.05) is 24.0 Å². The predicted octanol–water partition coefficient (Wildman–Crippen LogP) is 5.34. The predicted molar refractivity (Wildman–Crippen MR) is 109 cm³/mol. The number of aromatic nitrogens is 1. The maximum absolute atomic E-state index is 12.5. The summed E-state index contributed by atoms with van der Waals surface area (Å²) in [7, 11) is 0. The van der Waals surface area contributed by atoms with E-state index in [4.69, 9.17) is 4.74 Å². The molecule has 2 aromatic carbocycles. The van der Waals surface area contributed by atoms with Crippen LogP contribution in [0.4, 0.5) is 11.5 Å². The lowest BCUT2D eigenvalue weighted by molar-refractivity contribution is 0.102. The van der Waals surface area contributed by atoms with Crippen LogP contribution in [0.5, 0.6) is 11.5 Å². The average molecular weight is 361 g/mol. The van der Waals surface area contributed by atoms with Crippen molar-refractivity contribution in [3.8, 4) is 11.5 Å². The quantitative estimate of drug-likeness (QED) is 0.532. The van der Waals surface area contributed by atoms with Crippen LogP contribution in [0.2, 0.25) is 0 Å². The van der Waals surface area contributed by atoms with Crippen LogP contribution in [-0.2, 0) is 0 Å². The Hall–Kier alpha value is -3.34. The topological polar surface area (TPSA) is 63.2 Å². The van der Waals surface area contributed by atoms with Crippen LogP contribution in [-0.4, -0.2) is 17.4 Å². The summed E-state index contributed by atoms with van der Waals surface area (Å²) in [5.41, 5.74) is 1.27. The van der Waals surface area contributed by atoms with Gasteiger partial charge < -0.3 is 15.4 Å². The normalized spacial score (nSPS) is 10.3. The van der Waals surface area contributed by atoms with E-state index in [0.717, 1.165) is 25.1 Å². The molecule has 27 heavy (non-hydrogen) atoms. The molecule has 5 heteroatoms. The number of hydrogen-bond acceptors (Lipinski definition) is 4. The summed E-state index contributed by atoms with van der Waals surface area (Å²) in [6, 6.07) is 20.3.